The van der Waals surface area contributed by atoms with Crippen LogP contribution in [0, 0.1) is 6.92 Å². The van der Waals surface area contributed by atoms with Crippen molar-refractivity contribution >= 4 is 11.7 Å². The summed E-state index contributed by atoms with van der Waals surface area (Å²) in [6, 6.07) is 7.74. The number of carbonyl (C=O) groups excluding carboxylic acids is 2. The summed E-state index contributed by atoms with van der Waals surface area (Å²) in [5, 5.41) is 0. The van der Waals surface area contributed by atoms with E-state index in [9.17, 15) is 9.59 Å². The van der Waals surface area contributed by atoms with Crippen LogP contribution >= 0.6 is 0 Å². The second kappa shape index (κ2) is 6.79. The number of nitrogens with zero attached hydrogens (tertiary/aromatic N) is 1. The summed E-state index contributed by atoms with van der Waals surface area (Å²) in [6.07, 6.45) is -0.0406. The van der Waals surface area contributed by atoms with Gasteiger partial charge in [-0.3, -0.25) is 9.59 Å². The van der Waals surface area contributed by atoms with E-state index in [1.165, 1.54) is 17.4 Å². The Bertz CT molecular complexity index is 412. The molecule has 0 unspecified atom stereocenters. The molecule has 1 aromatic carbocycles. The minimum atomic E-state index is -0.171. The van der Waals surface area contributed by atoms with Crippen LogP contribution in [0.2, 0.25) is 0 Å². The first-order valence-electron chi connectivity index (χ1n) is 5.92. The van der Waals surface area contributed by atoms with Gasteiger partial charge in [0, 0.05) is 7.05 Å². The summed E-state index contributed by atoms with van der Waals surface area (Å²) in [5.41, 5.74) is 1.18. The van der Waals surface area contributed by atoms with E-state index in [0.29, 0.717) is 13.2 Å². The van der Waals surface area contributed by atoms with Crippen molar-refractivity contribution in [1.29, 1.82) is 0 Å². The Balaban J connectivity index is 2.31. The summed E-state index contributed by atoms with van der Waals surface area (Å²) >= 11 is 0. The predicted molar refractivity (Wildman–Crippen MR) is 69.6 cm³/mol. The number of ether oxygens (including phenoxy) is 1. The highest BCUT2D eigenvalue weighted by molar-refractivity contribution is 5.96. The SMILES string of the molecule is CC(=O)CC(=O)N(C)CCOc1ccc(C)cc1. The summed E-state index contributed by atoms with van der Waals surface area (Å²) in [6.45, 7) is 4.32. The Kier molecular flexibility index (Phi) is 5.36. The normalized spacial score (nSPS) is 9.94. The van der Waals surface area contributed by atoms with Crippen molar-refractivity contribution in [3.05, 3.63) is 29.8 Å². The highest BCUT2D eigenvalue weighted by Crippen LogP contribution is 2.11. The highest BCUT2D eigenvalue weighted by Gasteiger charge is 2.10. The molecule has 0 fully saturated rings. The molecule has 4 nitrogen and oxygen atoms in total. The molecule has 1 amide bonds. The van der Waals surface area contributed by atoms with Gasteiger partial charge in [0.15, 0.2) is 0 Å². The van der Waals surface area contributed by atoms with E-state index < -0.39 is 0 Å². The number of hydrogen-bond acceptors (Lipinski definition) is 3. The molecule has 0 radical (unpaired) electrons. The van der Waals surface area contributed by atoms with Gasteiger partial charge in [0.25, 0.3) is 0 Å². The van der Waals surface area contributed by atoms with Crippen LogP contribution in [0.3, 0.4) is 0 Å². The van der Waals surface area contributed by atoms with Crippen molar-refractivity contribution < 1.29 is 14.3 Å². The lowest BCUT2D eigenvalue weighted by Crippen LogP contribution is -2.31. The number of amides is 1. The van der Waals surface area contributed by atoms with Crippen LogP contribution in [0.15, 0.2) is 24.3 Å². The molecule has 18 heavy (non-hydrogen) atoms. The number of Topliss-reactive ketones (excluding diaryl/α,β-unsaturated/α-hetero) is 1. The van der Waals surface area contributed by atoms with Crippen LogP contribution in [0.5, 0.6) is 5.75 Å². The maximum Gasteiger partial charge on any atom is 0.229 e. The molecular formula is C14H19NO3. The first kappa shape index (κ1) is 14.2. The maximum absolute atomic E-state index is 11.5. The monoisotopic (exact) mass is 249 g/mol. The molecule has 0 aliphatic carbocycles. The maximum atomic E-state index is 11.5. The zero-order valence-corrected chi connectivity index (χ0v) is 11.1. The minimum Gasteiger partial charge on any atom is -0.492 e. The predicted octanol–water partition coefficient (Wildman–Crippen LogP) is 1.81. The number of carbonyl (C=O) groups is 2. The van der Waals surface area contributed by atoms with Gasteiger partial charge in [-0.2, -0.15) is 0 Å². The fourth-order valence-corrected chi connectivity index (χ4v) is 1.41. The summed E-state index contributed by atoms with van der Waals surface area (Å²) in [4.78, 5) is 23.8. The Hall–Kier alpha value is -1.84. The average Bonchev–Trinajstić information content (AvgIpc) is 2.30. The molecule has 0 atom stereocenters. The number of ketones is 1. The molecule has 0 aromatic heterocycles. The quantitative estimate of drug-likeness (QED) is 0.722. The second-order valence-electron chi connectivity index (χ2n) is 4.36. The van der Waals surface area contributed by atoms with Gasteiger partial charge >= 0.3 is 0 Å². The fourth-order valence-electron chi connectivity index (χ4n) is 1.41. The standard InChI is InChI=1S/C14H19NO3/c1-11-4-6-13(7-5-11)18-9-8-15(3)14(17)10-12(2)16/h4-7H,8-10H2,1-3H3. The van der Waals surface area contributed by atoms with Crippen molar-refractivity contribution in [2.45, 2.75) is 20.3 Å². The van der Waals surface area contributed by atoms with Gasteiger partial charge in [0.05, 0.1) is 13.0 Å². The van der Waals surface area contributed by atoms with E-state index in [1.807, 2.05) is 31.2 Å². The molecular weight excluding hydrogens is 230 g/mol. The number of hydrogen-bond donors (Lipinski definition) is 0. The van der Waals surface area contributed by atoms with Gasteiger partial charge in [0.2, 0.25) is 5.91 Å². The van der Waals surface area contributed by atoms with Gasteiger partial charge in [-0.25, -0.2) is 0 Å². The average molecular weight is 249 g/mol. The van der Waals surface area contributed by atoms with Crippen LogP contribution in [-0.4, -0.2) is 36.8 Å². The van der Waals surface area contributed by atoms with Crippen LogP contribution in [0.4, 0.5) is 0 Å². The molecule has 0 saturated heterocycles. The second-order valence-corrected chi connectivity index (χ2v) is 4.36. The van der Waals surface area contributed by atoms with Crippen LogP contribution < -0.4 is 4.74 Å². The third-order valence-corrected chi connectivity index (χ3v) is 2.54. The lowest BCUT2D eigenvalue weighted by molar-refractivity contribution is -0.134. The topological polar surface area (TPSA) is 46.6 Å². The van der Waals surface area contributed by atoms with Crippen LogP contribution in [-0.2, 0) is 9.59 Å². The number of rotatable bonds is 6. The Morgan fingerprint density at radius 1 is 1.22 bits per heavy atom. The van der Waals surface area contributed by atoms with Crippen molar-refractivity contribution in [1.82, 2.24) is 4.90 Å². The van der Waals surface area contributed by atoms with Crippen molar-refractivity contribution in [3.63, 3.8) is 0 Å². The number of benzene rings is 1. The summed E-state index contributed by atoms with van der Waals surface area (Å²) in [7, 11) is 1.67. The molecule has 1 rings (SSSR count). The molecule has 0 saturated carbocycles. The highest BCUT2D eigenvalue weighted by atomic mass is 16.5. The summed E-state index contributed by atoms with van der Waals surface area (Å²) < 4.78 is 5.51. The van der Waals surface area contributed by atoms with Crippen molar-refractivity contribution in [2.24, 2.45) is 0 Å². The zero-order valence-electron chi connectivity index (χ0n) is 11.1. The molecule has 0 N–H and O–H groups in total. The van der Waals surface area contributed by atoms with Crippen LogP contribution in [0.25, 0.3) is 0 Å². The molecule has 4 heteroatoms. The van der Waals surface area contributed by atoms with Gasteiger partial charge in [-0.1, -0.05) is 17.7 Å². The molecule has 0 aliphatic heterocycles. The van der Waals surface area contributed by atoms with Crippen molar-refractivity contribution in [2.75, 3.05) is 20.2 Å². The lowest BCUT2D eigenvalue weighted by atomic mass is 10.2. The van der Waals surface area contributed by atoms with E-state index in [0.717, 1.165) is 5.75 Å². The molecule has 0 heterocycles. The first-order chi connectivity index (χ1) is 8.49. The largest absolute Gasteiger partial charge is 0.492 e. The lowest BCUT2D eigenvalue weighted by Gasteiger charge is -2.16. The zero-order chi connectivity index (χ0) is 13.5. The number of aryl methyl sites for hydroxylation is 1. The first-order valence-corrected chi connectivity index (χ1v) is 5.92. The Morgan fingerprint density at radius 3 is 2.39 bits per heavy atom. The van der Waals surface area contributed by atoms with Gasteiger partial charge in [-0.15, -0.1) is 0 Å². The van der Waals surface area contributed by atoms with E-state index >= 15 is 0 Å². The molecule has 0 spiro atoms. The molecule has 1 aromatic rings. The third-order valence-electron chi connectivity index (χ3n) is 2.54. The van der Waals surface area contributed by atoms with E-state index in [1.54, 1.807) is 7.05 Å². The van der Waals surface area contributed by atoms with E-state index in [2.05, 4.69) is 0 Å². The van der Waals surface area contributed by atoms with Gasteiger partial charge in [-0.05, 0) is 26.0 Å². The van der Waals surface area contributed by atoms with Gasteiger partial charge < -0.3 is 9.64 Å². The summed E-state index contributed by atoms with van der Waals surface area (Å²) in [5.74, 6) is 0.495. The Labute approximate surface area is 108 Å². The molecule has 0 bridgehead atoms. The minimum absolute atomic E-state index is 0.0406. The molecule has 0 aliphatic rings. The van der Waals surface area contributed by atoms with E-state index in [4.69, 9.17) is 4.74 Å². The third kappa shape index (κ3) is 4.99. The van der Waals surface area contributed by atoms with Gasteiger partial charge in [0.1, 0.15) is 18.1 Å². The van der Waals surface area contributed by atoms with Crippen molar-refractivity contribution in [3.8, 4) is 5.75 Å². The smallest absolute Gasteiger partial charge is 0.229 e. The Morgan fingerprint density at radius 2 is 1.83 bits per heavy atom. The molecule has 98 valence electrons. The number of likely N-dealkylation sites (N-methyl/N-ethyl adjacent to an activating group) is 1. The van der Waals surface area contributed by atoms with E-state index in [-0.39, 0.29) is 18.1 Å². The van der Waals surface area contributed by atoms with Crippen LogP contribution in [0.1, 0.15) is 18.9 Å². The fraction of sp³-hybridized carbons (Fsp3) is 0.429.